The third-order valence-electron chi connectivity index (χ3n) is 5.28. The summed E-state index contributed by atoms with van der Waals surface area (Å²) in [7, 11) is 0. The standard InChI is InChI=1S/C19H34O2/c1-5-12-18(13-6-2,14-7-3)19(21-17(20)8-4)15-10-9-11-16-19/h8H,4-7,9-16H2,1-3H3. The number of rotatable bonds is 9. The summed E-state index contributed by atoms with van der Waals surface area (Å²) >= 11 is 0. The smallest absolute Gasteiger partial charge is 0.330 e. The van der Waals surface area contributed by atoms with Crippen molar-refractivity contribution in [3.05, 3.63) is 12.7 Å². The molecular weight excluding hydrogens is 260 g/mol. The maximum Gasteiger partial charge on any atom is 0.330 e. The van der Waals surface area contributed by atoms with Crippen LogP contribution in [0.1, 0.15) is 91.4 Å². The highest BCUT2D eigenvalue weighted by Gasteiger charge is 2.52. The SMILES string of the molecule is C=CC(=O)OC1(C(CCC)(CCC)CCC)CCCCC1. The number of carbonyl (C=O) groups excluding carboxylic acids is 1. The van der Waals surface area contributed by atoms with Crippen molar-refractivity contribution in [2.45, 2.75) is 97.0 Å². The molecule has 0 amide bonds. The van der Waals surface area contributed by atoms with E-state index in [1.807, 2.05) is 0 Å². The normalized spacial score (nSPS) is 18.2. The summed E-state index contributed by atoms with van der Waals surface area (Å²) in [5.41, 5.74) is -0.0944. The Bertz CT molecular complexity index is 309. The van der Waals surface area contributed by atoms with Crippen LogP contribution in [0.4, 0.5) is 0 Å². The lowest BCUT2D eigenvalue weighted by atomic mass is 9.59. The molecule has 2 heteroatoms. The lowest BCUT2D eigenvalue weighted by Gasteiger charge is -2.52. The van der Waals surface area contributed by atoms with Crippen LogP contribution in [0.3, 0.4) is 0 Å². The lowest BCUT2D eigenvalue weighted by molar-refractivity contribution is -0.184. The van der Waals surface area contributed by atoms with E-state index in [2.05, 4.69) is 27.4 Å². The molecule has 2 nitrogen and oxygen atoms in total. The predicted octanol–water partition coefficient (Wildman–Crippen LogP) is 5.81. The van der Waals surface area contributed by atoms with Gasteiger partial charge < -0.3 is 4.74 Å². The van der Waals surface area contributed by atoms with Crippen molar-refractivity contribution >= 4 is 5.97 Å². The quantitative estimate of drug-likeness (QED) is 0.396. The molecule has 0 radical (unpaired) electrons. The van der Waals surface area contributed by atoms with Crippen LogP contribution in [0.25, 0.3) is 0 Å². The fourth-order valence-electron chi connectivity index (χ4n) is 4.59. The first-order valence-electron chi connectivity index (χ1n) is 8.95. The van der Waals surface area contributed by atoms with Crippen molar-refractivity contribution < 1.29 is 9.53 Å². The van der Waals surface area contributed by atoms with Gasteiger partial charge in [0.25, 0.3) is 0 Å². The van der Waals surface area contributed by atoms with Crippen molar-refractivity contribution in [1.82, 2.24) is 0 Å². The molecule has 0 spiro atoms. The summed E-state index contributed by atoms with van der Waals surface area (Å²) in [6, 6.07) is 0. The van der Waals surface area contributed by atoms with Gasteiger partial charge >= 0.3 is 5.97 Å². The third-order valence-corrected chi connectivity index (χ3v) is 5.28. The van der Waals surface area contributed by atoms with Gasteiger partial charge in [0.1, 0.15) is 5.60 Å². The summed E-state index contributed by atoms with van der Waals surface area (Å²) in [6.07, 6.45) is 14.0. The summed E-state index contributed by atoms with van der Waals surface area (Å²) in [5, 5.41) is 0. The van der Waals surface area contributed by atoms with E-state index in [4.69, 9.17) is 4.74 Å². The molecule has 0 atom stereocenters. The minimum atomic E-state index is -0.251. The highest BCUT2D eigenvalue weighted by Crippen LogP contribution is 2.53. The van der Waals surface area contributed by atoms with Crippen LogP contribution in [0.2, 0.25) is 0 Å². The average Bonchev–Trinajstić information content (AvgIpc) is 2.48. The monoisotopic (exact) mass is 294 g/mol. The van der Waals surface area contributed by atoms with Gasteiger partial charge in [0.15, 0.2) is 0 Å². The zero-order valence-corrected chi connectivity index (χ0v) is 14.4. The van der Waals surface area contributed by atoms with Crippen LogP contribution in [-0.2, 0) is 9.53 Å². The van der Waals surface area contributed by atoms with E-state index >= 15 is 0 Å². The van der Waals surface area contributed by atoms with Gasteiger partial charge in [0.05, 0.1) is 0 Å². The van der Waals surface area contributed by atoms with Crippen molar-refractivity contribution in [3.8, 4) is 0 Å². The molecule has 0 aromatic carbocycles. The molecule has 1 aliphatic rings. The fraction of sp³-hybridized carbons (Fsp3) is 0.842. The number of carbonyl (C=O) groups is 1. The molecule has 0 bridgehead atoms. The minimum Gasteiger partial charge on any atom is -0.455 e. The number of hydrogen-bond acceptors (Lipinski definition) is 2. The second-order valence-electron chi connectivity index (χ2n) is 6.71. The van der Waals surface area contributed by atoms with Crippen LogP contribution < -0.4 is 0 Å². The highest BCUT2D eigenvalue weighted by molar-refractivity contribution is 5.81. The second-order valence-corrected chi connectivity index (χ2v) is 6.71. The maximum absolute atomic E-state index is 12.0. The van der Waals surface area contributed by atoms with Gasteiger partial charge in [0.2, 0.25) is 0 Å². The Morgan fingerprint density at radius 3 is 1.90 bits per heavy atom. The highest BCUT2D eigenvalue weighted by atomic mass is 16.6. The molecule has 0 unspecified atom stereocenters. The number of hydrogen-bond donors (Lipinski definition) is 0. The third kappa shape index (κ3) is 4.11. The van der Waals surface area contributed by atoms with Crippen LogP contribution in [-0.4, -0.2) is 11.6 Å². The van der Waals surface area contributed by atoms with E-state index in [9.17, 15) is 4.79 Å². The van der Waals surface area contributed by atoms with Crippen LogP contribution >= 0.6 is 0 Å². The van der Waals surface area contributed by atoms with Gasteiger partial charge in [-0.15, -0.1) is 0 Å². The molecule has 1 rings (SSSR count). The van der Waals surface area contributed by atoms with E-state index < -0.39 is 0 Å². The van der Waals surface area contributed by atoms with Crippen molar-refractivity contribution in [2.24, 2.45) is 5.41 Å². The zero-order valence-electron chi connectivity index (χ0n) is 14.4. The van der Waals surface area contributed by atoms with Gasteiger partial charge in [-0.05, 0) is 44.9 Å². The number of esters is 1. The minimum absolute atomic E-state index is 0.157. The van der Waals surface area contributed by atoms with Gasteiger partial charge in [-0.25, -0.2) is 4.79 Å². The number of ether oxygens (including phenoxy) is 1. The molecule has 0 aromatic heterocycles. The van der Waals surface area contributed by atoms with E-state index in [1.165, 1.54) is 44.6 Å². The predicted molar refractivity (Wildman–Crippen MR) is 89.3 cm³/mol. The molecule has 122 valence electrons. The van der Waals surface area contributed by atoms with Crippen molar-refractivity contribution in [1.29, 1.82) is 0 Å². The maximum atomic E-state index is 12.0. The zero-order chi connectivity index (χ0) is 15.8. The molecule has 0 aliphatic heterocycles. The lowest BCUT2D eigenvalue weighted by Crippen LogP contribution is -2.52. The van der Waals surface area contributed by atoms with E-state index in [0.29, 0.717) is 0 Å². The van der Waals surface area contributed by atoms with Gasteiger partial charge in [-0.1, -0.05) is 53.0 Å². The molecule has 0 heterocycles. The van der Waals surface area contributed by atoms with Gasteiger partial charge in [0, 0.05) is 11.5 Å². The summed E-state index contributed by atoms with van der Waals surface area (Å²) in [6.45, 7) is 10.4. The first-order valence-corrected chi connectivity index (χ1v) is 8.95. The Labute approximate surface area is 131 Å². The van der Waals surface area contributed by atoms with Gasteiger partial charge in [-0.2, -0.15) is 0 Å². The van der Waals surface area contributed by atoms with Crippen LogP contribution in [0.5, 0.6) is 0 Å². The van der Waals surface area contributed by atoms with Crippen LogP contribution in [0.15, 0.2) is 12.7 Å². The molecule has 1 fully saturated rings. The molecule has 0 aromatic rings. The van der Waals surface area contributed by atoms with E-state index in [0.717, 1.165) is 32.1 Å². The summed E-state index contributed by atoms with van der Waals surface area (Å²) in [4.78, 5) is 12.0. The molecule has 21 heavy (non-hydrogen) atoms. The first-order chi connectivity index (χ1) is 10.1. The Morgan fingerprint density at radius 2 is 1.52 bits per heavy atom. The van der Waals surface area contributed by atoms with E-state index in [1.54, 1.807) is 0 Å². The summed E-state index contributed by atoms with van der Waals surface area (Å²) in [5.74, 6) is -0.232. The first kappa shape index (κ1) is 18.3. The van der Waals surface area contributed by atoms with Crippen LogP contribution in [0, 0.1) is 5.41 Å². The Hall–Kier alpha value is -0.790. The topological polar surface area (TPSA) is 26.3 Å². The second kappa shape index (κ2) is 8.60. The Balaban J connectivity index is 3.18. The van der Waals surface area contributed by atoms with Gasteiger partial charge in [-0.3, -0.25) is 0 Å². The summed E-state index contributed by atoms with van der Waals surface area (Å²) < 4.78 is 6.09. The molecule has 0 N–H and O–H groups in total. The molecular formula is C19H34O2. The average molecular weight is 294 g/mol. The molecule has 0 saturated heterocycles. The molecule has 1 saturated carbocycles. The molecule has 1 aliphatic carbocycles. The largest absolute Gasteiger partial charge is 0.455 e. The Kier molecular flexibility index (Phi) is 7.48. The Morgan fingerprint density at radius 1 is 1.05 bits per heavy atom. The van der Waals surface area contributed by atoms with E-state index in [-0.39, 0.29) is 17.0 Å². The van der Waals surface area contributed by atoms with Crippen molar-refractivity contribution in [3.63, 3.8) is 0 Å². The fourth-order valence-corrected chi connectivity index (χ4v) is 4.59. The van der Waals surface area contributed by atoms with Crippen molar-refractivity contribution in [2.75, 3.05) is 0 Å².